The van der Waals surface area contributed by atoms with Crippen LogP contribution in [-0.2, 0) is 22.4 Å². The van der Waals surface area contributed by atoms with Gasteiger partial charge in [0, 0.05) is 25.4 Å². The number of aromatic nitrogens is 2. The fraction of sp³-hybridized carbons (Fsp3) is 0.333. The van der Waals surface area contributed by atoms with Gasteiger partial charge >= 0.3 is 13.8 Å². The van der Waals surface area contributed by atoms with E-state index in [0.29, 0.717) is 17.3 Å². The van der Waals surface area contributed by atoms with Gasteiger partial charge in [-0.15, -0.1) is 0 Å². The van der Waals surface area contributed by atoms with Gasteiger partial charge in [0.05, 0.1) is 40.8 Å². The van der Waals surface area contributed by atoms with Crippen LogP contribution in [-0.4, -0.2) is 44.7 Å². The van der Waals surface area contributed by atoms with Gasteiger partial charge in [-0.2, -0.15) is 23.4 Å². The van der Waals surface area contributed by atoms with Crippen LogP contribution in [0.15, 0.2) is 36.5 Å². The lowest BCUT2D eigenvalue weighted by atomic mass is 9.92. The number of carbonyl (C=O) groups excluding carboxylic acids is 1. The van der Waals surface area contributed by atoms with Crippen LogP contribution in [0.2, 0.25) is 0 Å². The molecule has 2 aromatic carbocycles. The van der Waals surface area contributed by atoms with Gasteiger partial charge < -0.3 is 30.1 Å². The minimum atomic E-state index is -4.84. The topological polar surface area (TPSA) is 161 Å². The van der Waals surface area contributed by atoms with Gasteiger partial charge in [-0.1, -0.05) is 19.9 Å². The number of nitrogens with one attached hydrogen (secondary N) is 2. The summed E-state index contributed by atoms with van der Waals surface area (Å²) in [6.45, 7) is 3.46. The molecule has 0 spiro atoms. The molecule has 2 heterocycles. The lowest BCUT2D eigenvalue weighted by Crippen LogP contribution is -2.24. The van der Waals surface area contributed by atoms with E-state index in [9.17, 15) is 37.6 Å². The molecule has 0 saturated heterocycles. The summed E-state index contributed by atoms with van der Waals surface area (Å²) in [6.07, 6.45) is -3.96. The third kappa shape index (κ3) is 5.38. The number of methoxy groups -OCH3 is 1. The second kappa shape index (κ2) is 11.2. The predicted octanol–water partition coefficient (Wildman–Crippen LogP) is 5.64. The van der Waals surface area contributed by atoms with Gasteiger partial charge in [-0.3, -0.25) is 9.36 Å². The number of anilines is 4. The molecule has 1 aliphatic heterocycles. The van der Waals surface area contributed by atoms with E-state index in [4.69, 9.17) is 4.74 Å². The van der Waals surface area contributed by atoms with Gasteiger partial charge in [0.15, 0.2) is 0 Å². The molecule has 0 saturated carbocycles. The summed E-state index contributed by atoms with van der Waals surface area (Å²) in [5, 5.41) is 13.4. The van der Waals surface area contributed by atoms with Crippen molar-refractivity contribution in [2.24, 2.45) is 0 Å². The Morgan fingerprint density at radius 2 is 1.81 bits per heavy atom. The Morgan fingerprint density at radius 1 is 1.14 bits per heavy atom. The second-order valence-electron chi connectivity index (χ2n) is 9.69. The minimum absolute atomic E-state index is 0.0448. The molecule has 1 aromatic heterocycles. The highest BCUT2D eigenvalue weighted by atomic mass is 31.2. The average molecular weight is 605 g/mol. The van der Waals surface area contributed by atoms with Crippen molar-refractivity contribution in [2.45, 2.75) is 44.6 Å². The molecule has 0 unspecified atom stereocenters. The molecule has 0 aliphatic carbocycles. The quantitative estimate of drug-likeness (QED) is 0.225. The molecule has 42 heavy (non-hydrogen) atoms. The van der Waals surface area contributed by atoms with Crippen molar-refractivity contribution in [2.75, 3.05) is 24.8 Å². The number of rotatable bonds is 9. The van der Waals surface area contributed by atoms with Crippen LogP contribution in [0.25, 0.3) is 0 Å². The Bertz CT molecular complexity index is 1630. The zero-order chi connectivity index (χ0) is 31.0. The van der Waals surface area contributed by atoms with Crippen molar-refractivity contribution < 1.29 is 37.1 Å². The van der Waals surface area contributed by atoms with Crippen LogP contribution in [0.1, 0.15) is 59.3 Å². The molecule has 15 heteroatoms. The van der Waals surface area contributed by atoms with Crippen LogP contribution in [0.4, 0.5) is 36.3 Å². The first-order chi connectivity index (χ1) is 19.7. The van der Waals surface area contributed by atoms with Crippen molar-refractivity contribution in [3.8, 4) is 11.8 Å². The molecular weight excluding hydrogens is 576 g/mol. The number of fused-ring (bicyclic) bond motifs is 1. The smallest absolute Gasteiger partial charge is 0.421 e. The summed E-state index contributed by atoms with van der Waals surface area (Å²) in [6, 6.07) is 9.19. The number of halogens is 3. The molecule has 1 aliphatic rings. The highest BCUT2D eigenvalue weighted by molar-refractivity contribution is 7.53. The normalized spacial score (nSPS) is 13.5. The van der Waals surface area contributed by atoms with Gasteiger partial charge in [0.25, 0.3) is 5.91 Å². The Kier molecular flexibility index (Phi) is 8.24. The first-order valence-electron chi connectivity index (χ1n) is 12.7. The van der Waals surface area contributed by atoms with Gasteiger partial charge in [0.2, 0.25) is 5.95 Å². The first-order valence-corrected chi connectivity index (χ1v) is 14.4. The predicted molar refractivity (Wildman–Crippen MR) is 148 cm³/mol. The molecule has 0 bridgehead atoms. The fourth-order valence-electron chi connectivity index (χ4n) is 5.08. The molecular formula is C27H28F3N6O5P. The molecule has 0 atom stereocenters. The van der Waals surface area contributed by atoms with E-state index in [1.54, 1.807) is 13.8 Å². The molecule has 0 radical (unpaired) electrons. The maximum Gasteiger partial charge on any atom is 0.421 e. The van der Waals surface area contributed by atoms with E-state index in [-0.39, 0.29) is 53.6 Å². The summed E-state index contributed by atoms with van der Waals surface area (Å²) in [5.74, 6) is -1.19. The Morgan fingerprint density at radius 3 is 2.38 bits per heavy atom. The number of ether oxygens (including phenoxy) is 1. The van der Waals surface area contributed by atoms with Crippen LogP contribution in [0.3, 0.4) is 0 Å². The largest absolute Gasteiger partial charge is 0.495 e. The summed E-state index contributed by atoms with van der Waals surface area (Å²) in [4.78, 5) is 42.2. The van der Waals surface area contributed by atoms with Gasteiger partial charge in [0.1, 0.15) is 17.1 Å². The monoisotopic (exact) mass is 604 g/mol. The number of amides is 1. The number of nitriles is 1. The maximum absolute atomic E-state index is 13.9. The Labute approximate surface area is 239 Å². The Hall–Kier alpha value is -4.18. The number of nitrogens with zero attached hydrogens (tertiary/aromatic N) is 4. The highest BCUT2D eigenvalue weighted by Crippen LogP contribution is 2.61. The lowest BCUT2D eigenvalue weighted by molar-refractivity contribution is -0.137. The molecule has 0 fully saturated rings. The summed E-state index contributed by atoms with van der Waals surface area (Å²) >= 11 is 0. The van der Waals surface area contributed by atoms with Crippen molar-refractivity contribution >= 4 is 36.6 Å². The number of benzene rings is 2. The van der Waals surface area contributed by atoms with Crippen LogP contribution in [0, 0.1) is 11.3 Å². The van der Waals surface area contributed by atoms with E-state index < -0.39 is 36.2 Å². The van der Waals surface area contributed by atoms with Crippen LogP contribution in [0.5, 0.6) is 5.75 Å². The maximum atomic E-state index is 13.9. The summed E-state index contributed by atoms with van der Waals surface area (Å²) in [5.41, 5.74) is 0.131. The highest BCUT2D eigenvalue weighted by Gasteiger charge is 2.45. The third-order valence-electron chi connectivity index (χ3n) is 7.45. The second-order valence-corrected chi connectivity index (χ2v) is 11.6. The van der Waals surface area contributed by atoms with Crippen LogP contribution >= 0.6 is 7.60 Å². The van der Waals surface area contributed by atoms with E-state index in [1.807, 2.05) is 6.07 Å². The molecule has 1 amide bonds. The minimum Gasteiger partial charge on any atom is -0.495 e. The first kappa shape index (κ1) is 30.8. The van der Waals surface area contributed by atoms with Crippen LogP contribution < -0.4 is 15.4 Å². The fourth-order valence-corrected chi connectivity index (χ4v) is 6.38. The zero-order valence-corrected chi connectivity index (χ0v) is 24.0. The van der Waals surface area contributed by atoms with E-state index in [2.05, 4.69) is 20.6 Å². The third-order valence-corrected chi connectivity index (χ3v) is 9.45. The molecule has 4 rings (SSSR count). The summed E-state index contributed by atoms with van der Waals surface area (Å²) in [7, 11) is -1.73. The average Bonchev–Trinajstić information content (AvgIpc) is 3.23. The van der Waals surface area contributed by atoms with E-state index in [0.717, 1.165) is 0 Å². The van der Waals surface area contributed by atoms with E-state index >= 15 is 0 Å². The molecule has 11 nitrogen and oxygen atoms in total. The summed E-state index contributed by atoms with van der Waals surface area (Å²) < 4.78 is 59.6. The SMILES string of the molecule is CCC(CC)(c1ccc(Nc2ncc(C(F)(F)F)c(Nc3ccc(C#N)c4c3C(=O)N(C)C4)n2)c(OC)c1)P(=O)(O)O. The Balaban J connectivity index is 1.76. The van der Waals surface area contributed by atoms with Crippen molar-refractivity contribution in [3.63, 3.8) is 0 Å². The standard InChI is InChI=1S/C27H28F3N6O5P/c1-5-26(6-2,42(38,39)40)16-8-10-19(21(11-16)41-4)34-25-32-13-18(27(28,29)30)23(35-25)33-20-9-7-15(12-31)17-14-36(3)24(37)22(17)20/h7-11,13H,5-6,14H2,1-4H3,(H2,38,39,40)(H2,32,33,34,35). The number of hydrogen-bond acceptors (Lipinski definition) is 8. The van der Waals surface area contributed by atoms with Crippen molar-refractivity contribution in [3.05, 3.63) is 64.3 Å². The lowest BCUT2D eigenvalue weighted by Gasteiger charge is -2.33. The number of carbonyl (C=O) groups is 1. The number of hydrogen-bond donors (Lipinski definition) is 4. The van der Waals surface area contributed by atoms with Gasteiger partial charge in [-0.25, -0.2) is 4.98 Å². The molecule has 4 N–H and O–H groups in total. The van der Waals surface area contributed by atoms with Crippen molar-refractivity contribution in [1.29, 1.82) is 5.26 Å². The molecule has 3 aromatic rings. The zero-order valence-electron chi connectivity index (χ0n) is 23.1. The van der Waals surface area contributed by atoms with E-state index in [1.165, 1.54) is 49.4 Å². The van der Waals surface area contributed by atoms with Crippen molar-refractivity contribution in [1.82, 2.24) is 14.9 Å². The van der Waals surface area contributed by atoms with Gasteiger partial charge in [-0.05, 0) is 42.7 Å². The number of alkyl halides is 3. The molecule has 222 valence electrons.